The van der Waals surface area contributed by atoms with Crippen molar-refractivity contribution < 1.29 is 4.79 Å². The standard InChI is InChI=1S/C23H26N4O3/c1-2-10-27-20-19(21(28)25-23(27)30)14-18(15-24-20)22(29)26-11-8-17(9-12-26)13-16-6-4-3-5-7-16/h3-7,14-15,17H,2,8-13H2,1H3,(H,25,28,30). The van der Waals surface area contributed by atoms with Gasteiger partial charge in [-0.15, -0.1) is 0 Å². The van der Waals surface area contributed by atoms with E-state index in [9.17, 15) is 14.4 Å². The van der Waals surface area contributed by atoms with Crippen LogP contribution in [0.2, 0.25) is 0 Å². The SMILES string of the molecule is CCCn1c(=O)[nH]c(=O)c2cc(C(=O)N3CCC(Cc4ccccc4)CC3)cnc21. The zero-order chi connectivity index (χ0) is 21.1. The molecule has 3 heterocycles. The van der Waals surface area contributed by atoms with Crippen molar-refractivity contribution >= 4 is 16.9 Å². The maximum absolute atomic E-state index is 13.0. The van der Waals surface area contributed by atoms with Crippen LogP contribution in [0.5, 0.6) is 0 Å². The molecule has 30 heavy (non-hydrogen) atoms. The third-order valence-corrected chi connectivity index (χ3v) is 5.80. The molecule has 7 heteroatoms. The van der Waals surface area contributed by atoms with Crippen LogP contribution >= 0.6 is 0 Å². The Hall–Kier alpha value is -3.22. The molecule has 1 amide bonds. The number of amides is 1. The predicted octanol–water partition coefficient (Wildman–Crippen LogP) is 2.59. The monoisotopic (exact) mass is 406 g/mol. The van der Waals surface area contributed by atoms with Crippen LogP contribution in [0.4, 0.5) is 0 Å². The van der Waals surface area contributed by atoms with Gasteiger partial charge in [-0.1, -0.05) is 37.3 Å². The Labute approximate surface area is 174 Å². The zero-order valence-electron chi connectivity index (χ0n) is 17.1. The topological polar surface area (TPSA) is 88.1 Å². The van der Waals surface area contributed by atoms with Crippen molar-refractivity contribution in [2.75, 3.05) is 13.1 Å². The summed E-state index contributed by atoms with van der Waals surface area (Å²) >= 11 is 0. The van der Waals surface area contributed by atoms with Gasteiger partial charge in [-0.05, 0) is 43.2 Å². The minimum absolute atomic E-state index is 0.116. The van der Waals surface area contributed by atoms with Gasteiger partial charge < -0.3 is 4.90 Å². The number of aromatic amines is 1. The van der Waals surface area contributed by atoms with Gasteiger partial charge in [-0.25, -0.2) is 9.78 Å². The van der Waals surface area contributed by atoms with Crippen LogP contribution in [-0.4, -0.2) is 38.4 Å². The van der Waals surface area contributed by atoms with Crippen LogP contribution in [0.1, 0.15) is 42.1 Å². The molecule has 3 aromatic rings. The molecule has 0 bridgehead atoms. The van der Waals surface area contributed by atoms with Crippen molar-refractivity contribution in [3.63, 3.8) is 0 Å². The van der Waals surface area contributed by atoms with E-state index < -0.39 is 11.2 Å². The van der Waals surface area contributed by atoms with Gasteiger partial charge >= 0.3 is 5.69 Å². The van der Waals surface area contributed by atoms with Crippen molar-refractivity contribution in [3.05, 3.63) is 74.6 Å². The van der Waals surface area contributed by atoms with Crippen LogP contribution in [0.3, 0.4) is 0 Å². The minimum atomic E-state index is -0.508. The van der Waals surface area contributed by atoms with Gasteiger partial charge in [-0.2, -0.15) is 0 Å². The highest BCUT2D eigenvalue weighted by Gasteiger charge is 2.24. The zero-order valence-corrected chi connectivity index (χ0v) is 17.1. The van der Waals surface area contributed by atoms with Crippen molar-refractivity contribution in [2.24, 2.45) is 5.92 Å². The van der Waals surface area contributed by atoms with Crippen LogP contribution < -0.4 is 11.2 Å². The van der Waals surface area contributed by atoms with Gasteiger partial charge in [0.15, 0.2) is 0 Å². The molecule has 7 nitrogen and oxygen atoms in total. The smallest absolute Gasteiger partial charge is 0.329 e. The minimum Gasteiger partial charge on any atom is -0.339 e. The number of carbonyl (C=O) groups is 1. The Balaban J connectivity index is 1.50. The van der Waals surface area contributed by atoms with Gasteiger partial charge in [-0.3, -0.25) is 19.1 Å². The summed E-state index contributed by atoms with van der Waals surface area (Å²) < 4.78 is 1.44. The van der Waals surface area contributed by atoms with E-state index in [2.05, 4.69) is 34.2 Å². The number of nitrogens with zero attached hydrogens (tertiary/aromatic N) is 3. The lowest BCUT2D eigenvalue weighted by Gasteiger charge is -2.32. The molecule has 156 valence electrons. The predicted molar refractivity (Wildman–Crippen MR) is 116 cm³/mol. The number of carbonyl (C=O) groups excluding carboxylic acids is 1. The van der Waals surface area contributed by atoms with Crippen LogP contribution in [0.15, 0.2) is 52.2 Å². The number of aromatic nitrogens is 3. The first-order valence-corrected chi connectivity index (χ1v) is 10.5. The molecule has 1 fully saturated rings. The van der Waals surface area contributed by atoms with E-state index in [1.165, 1.54) is 16.3 Å². The Morgan fingerprint density at radius 1 is 1.17 bits per heavy atom. The summed E-state index contributed by atoms with van der Waals surface area (Å²) in [5.41, 5.74) is 1.06. The molecule has 1 N–H and O–H groups in total. The molecule has 0 aliphatic carbocycles. The van der Waals surface area contributed by atoms with E-state index in [-0.39, 0.29) is 11.3 Å². The maximum Gasteiger partial charge on any atom is 0.329 e. The Morgan fingerprint density at radius 2 is 1.90 bits per heavy atom. The summed E-state index contributed by atoms with van der Waals surface area (Å²) in [4.78, 5) is 45.8. The van der Waals surface area contributed by atoms with Gasteiger partial charge in [0.1, 0.15) is 5.65 Å². The Kier molecular flexibility index (Phi) is 5.79. The quantitative estimate of drug-likeness (QED) is 0.705. The van der Waals surface area contributed by atoms with Crippen molar-refractivity contribution in [2.45, 2.75) is 39.2 Å². The lowest BCUT2D eigenvalue weighted by atomic mass is 9.90. The number of rotatable bonds is 5. The summed E-state index contributed by atoms with van der Waals surface area (Å²) in [6.07, 6.45) is 5.16. The highest BCUT2D eigenvalue weighted by atomic mass is 16.2. The summed E-state index contributed by atoms with van der Waals surface area (Å²) in [5, 5.41) is 0.271. The fourth-order valence-corrected chi connectivity index (χ4v) is 4.19. The third kappa shape index (κ3) is 4.06. The molecule has 1 aliphatic heterocycles. The number of piperidine rings is 1. The van der Waals surface area contributed by atoms with E-state index in [0.717, 1.165) is 25.7 Å². The largest absolute Gasteiger partial charge is 0.339 e. The second-order valence-corrected chi connectivity index (χ2v) is 7.93. The highest BCUT2D eigenvalue weighted by molar-refractivity contribution is 5.96. The molecule has 1 saturated heterocycles. The fourth-order valence-electron chi connectivity index (χ4n) is 4.19. The summed E-state index contributed by atoms with van der Waals surface area (Å²) in [7, 11) is 0. The number of H-pyrrole nitrogens is 1. The molecule has 1 aromatic carbocycles. The summed E-state index contributed by atoms with van der Waals surface area (Å²) in [6.45, 7) is 3.80. The van der Waals surface area contributed by atoms with Crippen molar-refractivity contribution in [3.8, 4) is 0 Å². The fraction of sp³-hybridized carbons (Fsp3) is 0.391. The maximum atomic E-state index is 13.0. The molecule has 0 saturated carbocycles. The molecule has 2 aromatic heterocycles. The van der Waals surface area contributed by atoms with E-state index in [0.29, 0.717) is 36.8 Å². The van der Waals surface area contributed by atoms with Gasteiger partial charge in [0.2, 0.25) is 0 Å². The number of aryl methyl sites for hydroxylation is 1. The number of hydrogen-bond donors (Lipinski definition) is 1. The first kappa shape index (κ1) is 20.1. The normalized spacial score (nSPS) is 14.9. The van der Waals surface area contributed by atoms with Gasteiger partial charge in [0, 0.05) is 25.8 Å². The molecule has 0 radical (unpaired) electrons. The number of hydrogen-bond acceptors (Lipinski definition) is 4. The first-order chi connectivity index (χ1) is 14.6. The molecular weight excluding hydrogens is 380 g/mol. The molecule has 1 aliphatic rings. The van der Waals surface area contributed by atoms with E-state index in [1.807, 2.05) is 17.9 Å². The number of fused-ring (bicyclic) bond motifs is 1. The Bertz CT molecular complexity index is 1160. The number of likely N-dealkylation sites (tertiary alicyclic amines) is 1. The number of nitrogens with one attached hydrogen (secondary N) is 1. The number of benzene rings is 1. The average molecular weight is 406 g/mol. The molecule has 0 atom stereocenters. The third-order valence-electron chi connectivity index (χ3n) is 5.80. The Morgan fingerprint density at radius 3 is 2.60 bits per heavy atom. The van der Waals surface area contributed by atoms with E-state index in [4.69, 9.17) is 0 Å². The first-order valence-electron chi connectivity index (χ1n) is 10.5. The molecule has 4 rings (SSSR count). The average Bonchev–Trinajstić information content (AvgIpc) is 2.77. The van der Waals surface area contributed by atoms with Crippen molar-refractivity contribution in [1.29, 1.82) is 0 Å². The van der Waals surface area contributed by atoms with Crippen molar-refractivity contribution in [1.82, 2.24) is 19.4 Å². The van der Waals surface area contributed by atoms with E-state index >= 15 is 0 Å². The lowest BCUT2D eigenvalue weighted by molar-refractivity contribution is 0.0690. The van der Waals surface area contributed by atoms with Gasteiger partial charge in [0.05, 0.1) is 10.9 Å². The second kappa shape index (κ2) is 8.65. The van der Waals surface area contributed by atoms with Crippen LogP contribution in [0, 0.1) is 5.92 Å². The van der Waals surface area contributed by atoms with E-state index in [1.54, 1.807) is 6.07 Å². The van der Waals surface area contributed by atoms with Gasteiger partial charge in [0.25, 0.3) is 11.5 Å². The molecule has 0 unspecified atom stereocenters. The second-order valence-electron chi connectivity index (χ2n) is 7.93. The summed E-state index contributed by atoms with van der Waals surface area (Å²) in [6, 6.07) is 12.0. The highest BCUT2D eigenvalue weighted by Crippen LogP contribution is 2.23. The summed E-state index contributed by atoms with van der Waals surface area (Å²) in [5.74, 6) is 0.452. The van der Waals surface area contributed by atoms with Crippen LogP contribution in [-0.2, 0) is 13.0 Å². The molecular formula is C23H26N4O3. The lowest BCUT2D eigenvalue weighted by Crippen LogP contribution is -2.39. The molecule has 0 spiro atoms. The number of pyridine rings is 1. The van der Waals surface area contributed by atoms with Crippen LogP contribution in [0.25, 0.3) is 11.0 Å².